The fourth-order valence-corrected chi connectivity index (χ4v) is 3.28. The molecule has 0 aromatic heterocycles. The van der Waals surface area contributed by atoms with Gasteiger partial charge in [0.15, 0.2) is 0 Å². The third kappa shape index (κ3) is 2.19. The van der Waals surface area contributed by atoms with Gasteiger partial charge in [0.2, 0.25) is 0 Å². The van der Waals surface area contributed by atoms with E-state index in [2.05, 4.69) is 10.2 Å². The van der Waals surface area contributed by atoms with Crippen molar-refractivity contribution in [2.75, 3.05) is 19.7 Å². The Morgan fingerprint density at radius 3 is 2.67 bits per heavy atom. The molecule has 3 nitrogen and oxygen atoms in total. The molecule has 2 bridgehead atoms. The zero-order valence-electron chi connectivity index (χ0n) is 9.36. The number of fused-ring (bicyclic) bond motifs is 2. The van der Waals surface area contributed by atoms with Gasteiger partial charge in [-0.2, -0.15) is 0 Å². The first-order chi connectivity index (χ1) is 7.35. The van der Waals surface area contributed by atoms with Gasteiger partial charge in [0, 0.05) is 31.2 Å². The van der Waals surface area contributed by atoms with E-state index in [9.17, 15) is 5.11 Å². The van der Waals surface area contributed by atoms with E-state index in [-0.39, 0.29) is 0 Å². The zero-order chi connectivity index (χ0) is 10.3. The summed E-state index contributed by atoms with van der Waals surface area (Å²) >= 11 is 0. The van der Waals surface area contributed by atoms with Crippen LogP contribution in [0.15, 0.2) is 0 Å². The Morgan fingerprint density at radius 1 is 1.27 bits per heavy atom. The second-order valence-electron chi connectivity index (χ2n) is 5.61. The molecule has 3 fully saturated rings. The Bertz CT molecular complexity index is 230. The van der Waals surface area contributed by atoms with Gasteiger partial charge in [0.25, 0.3) is 0 Å². The number of likely N-dealkylation sites (tertiary alicyclic amines) is 1. The minimum atomic E-state index is 0.296. The second kappa shape index (κ2) is 4.04. The Hall–Kier alpha value is -0.120. The summed E-state index contributed by atoms with van der Waals surface area (Å²) in [4.78, 5) is 2.60. The predicted octanol–water partition coefficient (Wildman–Crippen LogP) is 0.584. The van der Waals surface area contributed by atoms with Crippen LogP contribution in [-0.2, 0) is 0 Å². The monoisotopic (exact) mass is 210 g/mol. The molecule has 1 heterocycles. The van der Waals surface area contributed by atoms with Crippen molar-refractivity contribution >= 4 is 0 Å². The lowest BCUT2D eigenvalue weighted by molar-refractivity contribution is 0.153. The third-order valence-electron chi connectivity index (χ3n) is 4.25. The first-order valence-corrected chi connectivity index (χ1v) is 6.46. The number of hydrogen-bond donors (Lipinski definition) is 2. The average molecular weight is 210 g/mol. The number of nitrogens with zero attached hydrogens (tertiary/aromatic N) is 1. The van der Waals surface area contributed by atoms with Gasteiger partial charge in [-0.3, -0.25) is 4.90 Å². The van der Waals surface area contributed by atoms with Crippen molar-refractivity contribution in [3.8, 4) is 0 Å². The molecule has 2 aliphatic carbocycles. The summed E-state index contributed by atoms with van der Waals surface area (Å²) in [6, 6.07) is 1.86. The molecule has 3 heteroatoms. The Labute approximate surface area is 91.8 Å². The molecule has 2 saturated carbocycles. The smallest absolute Gasteiger partial charge is 0.0597 e. The van der Waals surface area contributed by atoms with E-state index < -0.39 is 0 Å². The minimum absolute atomic E-state index is 0.296. The maximum atomic E-state index is 9.34. The lowest BCUT2D eigenvalue weighted by atomic mass is 10.1. The summed E-state index contributed by atoms with van der Waals surface area (Å²) in [7, 11) is 0. The normalized spacial score (nSPS) is 37.4. The first kappa shape index (κ1) is 10.1. The molecular formula is C12H22N2O. The van der Waals surface area contributed by atoms with Crippen LogP contribution in [0.3, 0.4) is 0 Å². The average Bonchev–Trinajstić information content (AvgIpc) is 2.82. The lowest BCUT2D eigenvalue weighted by Gasteiger charge is -2.30. The van der Waals surface area contributed by atoms with Crippen LogP contribution in [0.1, 0.15) is 32.1 Å². The van der Waals surface area contributed by atoms with Crippen LogP contribution >= 0.6 is 0 Å². The highest BCUT2D eigenvalue weighted by Gasteiger charge is 2.38. The van der Waals surface area contributed by atoms with Crippen LogP contribution in [-0.4, -0.2) is 47.8 Å². The molecule has 86 valence electrons. The van der Waals surface area contributed by atoms with Crippen molar-refractivity contribution in [2.24, 2.45) is 5.92 Å². The van der Waals surface area contributed by atoms with Gasteiger partial charge in [0.1, 0.15) is 0 Å². The molecule has 3 rings (SSSR count). The molecule has 2 N–H and O–H groups in total. The molecular weight excluding hydrogens is 188 g/mol. The highest BCUT2D eigenvalue weighted by atomic mass is 16.3. The van der Waals surface area contributed by atoms with E-state index in [0.29, 0.717) is 18.7 Å². The van der Waals surface area contributed by atoms with Crippen molar-refractivity contribution in [3.05, 3.63) is 0 Å². The van der Waals surface area contributed by atoms with E-state index in [1.54, 1.807) is 0 Å². The number of piperidine rings is 1. The van der Waals surface area contributed by atoms with Crippen LogP contribution in [0.4, 0.5) is 0 Å². The summed E-state index contributed by atoms with van der Waals surface area (Å²) < 4.78 is 0. The molecule has 0 amide bonds. The fourth-order valence-electron chi connectivity index (χ4n) is 3.28. The number of hydrogen-bond acceptors (Lipinski definition) is 3. The molecule has 1 saturated heterocycles. The van der Waals surface area contributed by atoms with Crippen LogP contribution in [0.25, 0.3) is 0 Å². The number of aliphatic hydroxyl groups excluding tert-OH is 1. The number of nitrogens with one attached hydrogen (secondary N) is 1. The van der Waals surface area contributed by atoms with Gasteiger partial charge in [-0.15, -0.1) is 0 Å². The second-order valence-corrected chi connectivity index (χ2v) is 5.61. The first-order valence-electron chi connectivity index (χ1n) is 6.46. The standard InChI is InChI=1S/C12H22N2O/c15-8-11(13-10-2-3-10)7-14-6-9-1-4-12(14)5-9/h9-13,15H,1-8H2. The van der Waals surface area contributed by atoms with E-state index in [0.717, 1.165) is 18.5 Å². The van der Waals surface area contributed by atoms with Crippen molar-refractivity contribution in [2.45, 2.75) is 50.2 Å². The van der Waals surface area contributed by atoms with E-state index in [1.165, 1.54) is 38.6 Å². The zero-order valence-corrected chi connectivity index (χ0v) is 9.36. The van der Waals surface area contributed by atoms with Crippen molar-refractivity contribution in [1.29, 1.82) is 0 Å². The lowest BCUT2D eigenvalue weighted by Crippen LogP contribution is -2.46. The summed E-state index contributed by atoms with van der Waals surface area (Å²) in [5, 5.41) is 12.9. The molecule has 3 unspecified atom stereocenters. The predicted molar refractivity (Wildman–Crippen MR) is 59.7 cm³/mol. The SMILES string of the molecule is OCC(CN1CC2CCC1C2)NC1CC1. The van der Waals surface area contributed by atoms with Crippen LogP contribution < -0.4 is 5.32 Å². The van der Waals surface area contributed by atoms with Crippen molar-refractivity contribution in [3.63, 3.8) is 0 Å². The van der Waals surface area contributed by atoms with Gasteiger partial charge in [-0.1, -0.05) is 0 Å². The van der Waals surface area contributed by atoms with Gasteiger partial charge in [-0.25, -0.2) is 0 Å². The minimum Gasteiger partial charge on any atom is -0.395 e. The summed E-state index contributed by atoms with van der Waals surface area (Å²) in [6.07, 6.45) is 6.87. The van der Waals surface area contributed by atoms with Crippen LogP contribution in [0, 0.1) is 5.92 Å². The van der Waals surface area contributed by atoms with Crippen molar-refractivity contribution < 1.29 is 5.11 Å². The molecule has 15 heavy (non-hydrogen) atoms. The topological polar surface area (TPSA) is 35.5 Å². The summed E-state index contributed by atoms with van der Waals surface area (Å²) in [5.41, 5.74) is 0. The van der Waals surface area contributed by atoms with Gasteiger partial charge >= 0.3 is 0 Å². The van der Waals surface area contributed by atoms with Gasteiger partial charge in [0.05, 0.1) is 6.61 Å². The molecule has 0 aromatic rings. The molecule has 1 aliphatic heterocycles. The molecule has 0 radical (unpaired) electrons. The van der Waals surface area contributed by atoms with E-state index in [1.807, 2.05) is 0 Å². The van der Waals surface area contributed by atoms with Gasteiger partial charge < -0.3 is 10.4 Å². The Kier molecular flexibility index (Phi) is 2.71. The number of aliphatic hydroxyl groups is 1. The maximum absolute atomic E-state index is 9.34. The van der Waals surface area contributed by atoms with E-state index in [4.69, 9.17) is 0 Å². The quantitative estimate of drug-likeness (QED) is 0.697. The van der Waals surface area contributed by atoms with Crippen molar-refractivity contribution in [1.82, 2.24) is 10.2 Å². The van der Waals surface area contributed by atoms with Crippen LogP contribution in [0.5, 0.6) is 0 Å². The Balaban J connectivity index is 1.49. The maximum Gasteiger partial charge on any atom is 0.0597 e. The molecule has 0 aromatic carbocycles. The van der Waals surface area contributed by atoms with Gasteiger partial charge in [-0.05, 0) is 38.0 Å². The molecule has 3 aliphatic rings. The fraction of sp³-hybridized carbons (Fsp3) is 1.00. The van der Waals surface area contributed by atoms with E-state index >= 15 is 0 Å². The van der Waals surface area contributed by atoms with Crippen LogP contribution in [0.2, 0.25) is 0 Å². The number of rotatable bonds is 5. The highest BCUT2D eigenvalue weighted by molar-refractivity contribution is 4.94. The summed E-state index contributed by atoms with van der Waals surface area (Å²) in [5.74, 6) is 0.968. The highest BCUT2D eigenvalue weighted by Crippen LogP contribution is 2.37. The molecule has 3 atom stereocenters. The Morgan fingerprint density at radius 2 is 2.13 bits per heavy atom. The largest absolute Gasteiger partial charge is 0.395 e. The third-order valence-corrected chi connectivity index (χ3v) is 4.25. The summed E-state index contributed by atoms with van der Waals surface area (Å²) in [6.45, 7) is 2.64. The molecule has 0 spiro atoms.